The predicted molar refractivity (Wildman–Crippen MR) is 170 cm³/mol. The highest BCUT2D eigenvalue weighted by atomic mass is 32.2. The van der Waals surface area contributed by atoms with Crippen molar-refractivity contribution in [2.75, 3.05) is 29.6 Å². The quantitative estimate of drug-likeness (QED) is 0.121. The fourth-order valence-corrected chi connectivity index (χ4v) is 5.21. The van der Waals surface area contributed by atoms with Crippen molar-refractivity contribution in [2.24, 2.45) is 0 Å². The van der Waals surface area contributed by atoms with E-state index in [0.717, 1.165) is 48.3 Å². The van der Waals surface area contributed by atoms with Gasteiger partial charge in [0, 0.05) is 34.8 Å². The van der Waals surface area contributed by atoms with Gasteiger partial charge in [0.15, 0.2) is 0 Å². The fraction of sp³-hybridized carbons (Fsp3) is 0.545. The lowest BCUT2D eigenvalue weighted by molar-refractivity contribution is -0.170. The number of hydrogen-bond donors (Lipinski definition) is 2. The molecule has 2 aromatic rings. The summed E-state index contributed by atoms with van der Waals surface area (Å²) in [6.07, 6.45) is 9.03. The molecule has 0 atom stereocenters. The van der Waals surface area contributed by atoms with Crippen molar-refractivity contribution < 1.29 is 27.6 Å². The van der Waals surface area contributed by atoms with Crippen LogP contribution < -0.4 is 15.5 Å². The van der Waals surface area contributed by atoms with E-state index in [2.05, 4.69) is 17.6 Å². The Labute approximate surface area is 258 Å². The number of thioether (sulfide) groups is 1. The van der Waals surface area contributed by atoms with Gasteiger partial charge in [0.2, 0.25) is 0 Å². The zero-order valence-corrected chi connectivity index (χ0v) is 26.5. The molecule has 6 nitrogen and oxygen atoms in total. The summed E-state index contributed by atoms with van der Waals surface area (Å²) in [5.41, 5.74) is 1.17. The highest BCUT2D eigenvalue weighted by Gasteiger charge is 2.42. The van der Waals surface area contributed by atoms with E-state index in [4.69, 9.17) is 0 Å². The van der Waals surface area contributed by atoms with E-state index in [9.17, 15) is 27.6 Å². The van der Waals surface area contributed by atoms with Crippen LogP contribution in [0.4, 0.5) is 24.5 Å². The Morgan fingerprint density at radius 3 is 1.86 bits per heavy atom. The zero-order chi connectivity index (χ0) is 31.7. The predicted octanol–water partition coefficient (Wildman–Crippen LogP) is 9.01. The average molecular weight is 622 g/mol. The molecule has 0 aliphatic heterocycles. The van der Waals surface area contributed by atoms with Crippen LogP contribution in [0.2, 0.25) is 0 Å². The molecular weight excluding hydrogens is 575 g/mol. The minimum atomic E-state index is -5.00. The smallest absolute Gasteiger partial charge is 0.352 e. The Morgan fingerprint density at radius 2 is 1.30 bits per heavy atom. The maximum absolute atomic E-state index is 13.4. The molecule has 0 saturated heterocycles. The first-order chi connectivity index (χ1) is 20.6. The Hall–Kier alpha value is -3.01. The molecule has 0 radical (unpaired) electrons. The zero-order valence-electron chi connectivity index (χ0n) is 25.7. The Balaban J connectivity index is 2.04. The van der Waals surface area contributed by atoms with Gasteiger partial charge < -0.3 is 15.5 Å². The van der Waals surface area contributed by atoms with Gasteiger partial charge in [0.25, 0.3) is 11.8 Å². The Bertz CT molecular complexity index is 1160. The van der Waals surface area contributed by atoms with E-state index < -0.39 is 18.0 Å². The van der Waals surface area contributed by atoms with Crippen LogP contribution in [0.1, 0.15) is 112 Å². The minimum Gasteiger partial charge on any atom is -0.352 e. The van der Waals surface area contributed by atoms with E-state index in [1.54, 1.807) is 18.2 Å². The normalized spacial score (nSPS) is 11.3. The van der Waals surface area contributed by atoms with Crippen molar-refractivity contribution in [1.29, 1.82) is 0 Å². The summed E-state index contributed by atoms with van der Waals surface area (Å²) in [5.74, 6) is -2.63. The van der Waals surface area contributed by atoms with Gasteiger partial charge in [0.1, 0.15) is 0 Å². The number of unbranched alkanes of at least 4 members (excludes halogenated alkanes) is 10. The summed E-state index contributed by atoms with van der Waals surface area (Å²) in [5, 5.41) is 5.66. The number of halogens is 3. The van der Waals surface area contributed by atoms with E-state index >= 15 is 0 Å². The number of alkyl halides is 3. The molecule has 238 valence electrons. The van der Waals surface area contributed by atoms with Crippen LogP contribution in [0.3, 0.4) is 0 Å². The van der Waals surface area contributed by atoms with Crippen LogP contribution in [-0.4, -0.2) is 43.2 Å². The summed E-state index contributed by atoms with van der Waals surface area (Å²) in [6.45, 7) is 4.72. The molecule has 2 aromatic carbocycles. The maximum Gasteiger partial charge on any atom is 0.471 e. The monoisotopic (exact) mass is 621 g/mol. The highest BCUT2D eigenvalue weighted by Crippen LogP contribution is 2.28. The third-order valence-corrected chi connectivity index (χ3v) is 7.99. The van der Waals surface area contributed by atoms with Gasteiger partial charge in [-0.15, -0.1) is 11.8 Å². The Kier molecular flexibility index (Phi) is 16.2. The van der Waals surface area contributed by atoms with Crippen LogP contribution in [0.25, 0.3) is 0 Å². The minimum absolute atomic E-state index is 0.0510. The van der Waals surface area contributed by atoms with Gasteiger partial charge in [-0.05, 0) is 61.6 Å². The SMILES string of the molecule is CCCCCCCCCCCCN(C(=O)C(F)(F)F)c1ccc(C(=O)Nc2cc(C(=O)NCCCC)ccc2SC)cc1. The molecule has 0 aliphatic rings. The lowest BCUT2D eigenvalue weighted by Gasteiger charge is -2.24. The molecule has 0 bridgehead atoms. The van der Waals surface area contributed by atoms with E-state index in [0.29, 0.717) is 24.2 Å². The second kappa shape index (κ2) is 19.3. The number of rotatable bonds is 19. The fourth-order valence-electron chi connectivity index (χ4n) is 4.67. The van der Waals surface area contributed by atoms with E-state index in [1.807, 2.05) is 13.2 Å². The molecule has 0 unspecified atom stereocenters. The van der Waals surface area contributed by atoms with Crippen LogP contribution >= 0.6 is 11.8 Å². The third kappa shape index (κ3) is 12.6. The number of carbonyl (C=O) groups excluding carboxylic acids is 3. The topological polar surface area (TPSA) is 78.5 Å². The molecule has 0 aromatic heterocycles. The number of hydrogen-bond acceptors (Lipinski definition) is 4. The average Bonchev–Trinajstić information content (AvgIpc) is 2.99. The standard InChI is InChI=1S/C33H46F3N3O3S/c1-4-6-8-9-10-11-12-13-14-15-23-39(32(42)33(34,35)36)27-19-16-25(17-20-27)31(41)38-28-24-26(18-21-29(28)43-3)30(40)37-22-7-5-2/h16-21,24H,4-15,22-23H2,1-3H3,(H,37,40)(H,38,41). The van der Waals surface area contributed by atoms with Gasteiger partial charge in [-0.3, -0.25) is 14.4 Å². The molecule has 0 fully saturated rings. The van der Waals surface area contributed by atoms with Crippen LogP contribution in [0.5, 0.6) is 0 Å². The van der Waals surface area contributed by atoms with Crippen LogP contribution in [-0.2, 0) is 4.79 Å². The second-order valence-electron chi connectivity index (χ2n) is 10.7. The number of nitrogens with one attached hydrogen (secondary N) is 2. The molecule has 2 rings (SSSR count). The molecule has 3 amide bonds. The van der Waals surface area contributed by atoms with Gasteiger partial charge in [0.05, 0.1) is 5.69 Å². The van der Waals surface area contributed by atoms with Crippen molar-refractivity contribution in [2.45, 2.75) is 102 Å². The van der Waals surface area contributed by atoms with E-state index in [1.165, 1.54) is 68.1 Å². The first kappa shape index (κ1) is 36.2. The number of carbonyl (C=O) groups is 3. The highest BCUT2D eigenvalue weighted by molar-refractivity contribution is 7.98. The molecule has 0 heterocycles. The summed E-state index contributed by atoms with van der Waals surface area (Å²) < 4.78 is 40.2. The first-order valence-corrected chi connectivity index (χ1v) is 16.6. The van der Waals surface area contributed by atoms with Crippen molar-refractivity contribution in [3.8, 4) is 0 Å². The van der Waals surface area contributed by atoms with Crippen molar-refractivity contribution >= 4 is 40.9 Å². The van der Waals surface area contributed by atoms with Gasteiger partial charge in [-0.1, -0.05) is 78.1 Å². The lowest BCUT2D eigenvalue weighted by Crippen LogP contribution is -2.41. The van der Waals surface area contributed by atoms with Crippen molar-refractivity contribution in [3.05, 3.63) is 53.6 Å². The van der Waals surface area contributed by atoms with Gasteiger partial charge in [-0.2, -0.15) is 13.2 Å². The molecule has 2 N–H and O–H groups in total. The number of nitrogens with zero attached hydrogens (tertiary/aromatic N) is 1. The molecular formula is C33H46F3N3O3S. The lowest BCUT2D eigenvalue weighted by atomic mass is 10.1. The van der Waals surface area contributed by atoms with Crippen LogP contribution in [0, 0.1) is 0 Å². The summed E-state index contributed by atoms with van der Waals surface area (Å²) in [6, 6.07) is 10.6. The maximum atomic E-state index is 13.4. The Morgan fingerprint density at radius 1 is 0.744 bits per heavy atom. The summed E-state index contributed by atoms with van der Waals surface area (Å²) in [7, 11) is 0. The number of anilines is 2. The van der Waals surface area contributed by atoms with Gasteiger partial charge >= 0.3 is 12.1 Å². The second-order valence-corrected chi connectivity index (χ2v) is 11.5. The largest absolute Gasteiger partial charge is 0.471 e. The first-order valence-electron chi connectivity index (χ1n) is 15.4. The van der Waals surface area contributed by atoms with Crippen molar-refractivity contribution in [3.63, 3.8) is 0 Å². The molecule has 0 saturated carbocycles. The molecule has 10 heteroatoms. The van der Waals surface area contributed by atoms with E-state index in [-0.39, 0.29) is 23.7 Å². The van der Waals surface area contributed by atoms with Crippen LogP contribution in [0.15, 0.2) is 47.4 Å². The third-order valence-electron chi connectivity index (χ3n) is 7.19. The number of benzene rings is 2. The summed E-state index contributed by atoms with van der Waals surface area (Å²) in [4.78, 5) is 39.3. The van der Waals surface area contributed by atoms with Crippen molar-refractivity contribution in [1.82, 2.24) is 5.32 Å². The molecule has 0 spiro atoms. The number of amides is 3. The summed E-state index contributed by atoms with van der Waals surface area (Å²) >= 11 is 1.41. The van der Waals surface area contributed by atoms with Gasteiger partial charge in [-0.25, -0.2) is 0 Å². The molecule has 43 heavy (non-hydrogen) atoms. The molecule has 0 aliphatic carbocycles.